The van der Waals surface area contributed by atoms with Gasteiger partial charge in [-0.2, -0.15) is 4.31 Å². The molecule has 0 aromatic heterocycles. The Balaban J connectivity index is 1.55. The number of carbonyl (C=O) groups is 2. The van der Waals surface area contributed by atoms with Gasteiger partial charge in [0.1, 0.15) is 6.04 Å². The Morgan fingerprint density at radius 1 is 0.905 bits per heavy atom. The molecule has 0 radical (unpaired) electrons. The van der Waals surface area contributed by atoms with E-state index in [9.17, 15) is 18.0 Å². The largest absolute Gasteiger partial charge is 0.354 e. The second-order valence-electron chi connectivity index (χ2n) is 11.2. The maximum atomic E-state index is 13.9. The third-order valence-corrected chi connectivity index (χ3v) is 9.70. The van der Waals surface area contributed by atoms with Crippen molar-refractivity contribution in [1.29, 1.82) is 0 Å². The summed E-state index contributed by atoms with van der Waals surface area (Å²) in [5.74, 6) is 0.0382. The summed E-state index contributed by atoms with van der Waals surface area (Å²) in [5, 5.41) is 3.64. The highest BCUT2D eigenvalue weighted by Gasteiger charge is 2.31. The summed E-state index contributed by atoms with van der Waals surface area (Å²) in [6, 6.07) is 22.6. The number of nitrogens with zero attached hydrogens (tertiary/aromatic N) is 2. The van der Waals surface area contributed by atoms with E-state index in [2.05, 4.69) is 19.2 Å². The first-order valence-electron chi connectivity index (χ1n) is 14.6. The molecule has 9 heteroatoms. The second kappa shape index (κ2) is 14.8. The molecule has 7 nitrogen and oxygen atoms in total. The first-order valence-corrected chi connectivity index (χ1v) is 16.4. The quantitative estimate of drug-likeness (QED) is 0.258. The number of benzene rings is 3. The molecule has 0 bridgehead atoms. The van der Waals surface area contributed by atoms with Crippen LogP contribution in [0.4, 0.5) is 0 Å². The fourth-order valence-electron chi connectivity index (χ4n) is 5.10. The number of aryl methyl sites for hydroxylation is 1. The molecule has 1 fully saturated rings. The molecule has 1 N–H and O–H groups in total. The molecule has 1 aliphatic heterocycles. The molecule has 3 aromatic rings. The molecule has 4 rings (SSSR count). The van der Waals surface area contributed by atoms with E-state index < -0.39 is 16.1 Å². The van der Waals surface area contributed by atoms with E-state index in [1.54, 1.807) is 41.3 Å². The van der Waals surface area contributed by atoms with E-state index in [0.29, 0.717) is 37.0 Å². The lowest BCUT2D eigenvalue weighted by Crippen LogP contribution is -2.43. The zero-order chi connectivity index (χ0) is 30.1. The standard InChI is InChI=1S/C33H40ClN3O4S/c1-25(2)20-21-35-33(39)32(28-8-4-3-5-9-28)37(24-27-10-15-29(34)16-11-27)31(38)19-14-26-12-17-30(18-13-26)42(40,41)36-22-6-7-23-36/h3-5,8-13,15-18,25,32H,6-7,14,19-24H2,1-2H3,(H,35,39)/t32-/m0/s1. The van der Waals surface area contributed by atoms with Gasteiger partial charge in [0, 0.05) is 37.6 Å². The van der Waals surface area contributed by atoms with Crippen molar-refractivity contribution < 1.29 is 18.0 Å². The van der Waals surface area contributed by atoms with E-state index in [4.69, 9.17) is 11.6 Å². The van der Waals surface area contributed by atoms with Gasteiger partial charge in [0.25, 0.3) is 0 Å². The van der Waals surface area contributed by atoms with Crippen molar-refractivity contribution >= 4 is 33.4 Å². The summed E-state index contributed by atoms with van der Waals surface area (Å²) in [7, 11) is -3.50. The third-order valence-electron chi connectivity index (χ3n) is 7.54. The average molecular weight is 610 g/mol. The summed E-state index contributed by atoms with van der Waals surface area (Å²) < 4.78 is 27.3. The molecule has 3 aromatic carbocycles. The number of hydrogen-bond acceptors (Lipinski definition) is 4. The summed E-state index contributed by atoms with van der Waals surface area (Å²) in [5.41, 5.74) is 2.45. The molecule has 0 saturated carbocycles. The smallest absolute Gasteiger partial charge is 0.247 e. The SMILES string of the molecule is CC(C)CCNC(=O)[C@H](c1ccccc1)N(Cc1ccc(Cl)cc1)C(=O)CCc1ccc(S(=O)(=O)N2CCCC2)cc1. The maximum Gasteiger partial charge on any atom is 0.247 e. The fourth-order valence-corrected chi connectivity index (χ4v) is 6.74. The Hall–Kier alpha value is -3.20. The van der Waals surface area contributed by atoms with Gasteiger partial charge in [0.2, 0.25) is 21.8 Å². The van der Waals surface area contributed by atoms with Crippen molar-refractivity contribution in [3.63, 3.8) is 0 Å². The van der Waals surface area contributed by atoms with Crippen LogP contribution in [-0.4, -0.2) is 49.1 Å². The van der Waals surface area contributed by atoms with Crippen molar-refractivity contribution in [2.24, 2.45) is 5.92 Å². The first kappa shape index (κ1) is 31.7. The molecule has 0 spiro atoms. The molecule has 0 unspecified atom stereocenters. The van der Waals surface area contributed by atoms with Crippen LogP contribution < -0.4 is 5.32 Å². The number of halogens is 1. The lowest BCUT2D eigenvalue weighted by molar-refractivity contribution is -0.141. The molecule has 224 valence electrons. The van der Waals surface area contributed by atoms with Gasteiger partial charge in [-0.25, -0.2) is 8.42 Å². The van der Waals surface area contributed by atoms with Crippen molar-refractivity contribution in [3.8, 4) is 0 Å². The van der Waals surface area contributed by atoms with E-state index in [1.165, 1.54) is 4.31 Å². The summed E-state index contributed by atoms with van der Waals surface area (Å²) in [4.78, 5) is 29.5. The number of rotatable bonds is 13. The van der Waals surface area contributed by atoms with Crippen LogP contribution in [0, 0.1) is 5.92 Å². The molecule has 0 aliphatic carbocycles. The van der Waals surface area contributed by atoms with Crippen LogP contribution in [0.2, 0.25) is 5.02 Å². The number of hydrogen-bond donors (Lipinski definition) is 1. The average Bonchev–Trinajstić information content (AvgIpc) is 3.54. The maximum absolute atomic E-state index is 13.9. The van der Waals surface area contributed by atoms with Crippen molar-refractivity contribution in [1.82, 2.24) is 14.5 Å². The van der Waals surface area contributed by atoms with Gasteiger partial charge in [-0.3, -0.25) is 9.59 Å². The predicted molar refractivity (Wildman–Crippen MR) is 166 cm³/mol. The van der Waals surface area contributed by atoms with Gasteiger partial charge in [-0.05, 0) is 72.6 Å². The van der Waals surface area contributed by atoms with Crippen LogP contribution in [-0.2, 0) is 32.6 Å². The number of sulfonamides is 1. The Morgan fingerprint density at radius 3 is 2.14 bits per heavy atom. The van der Waals surface area contributed by atoms with Gasteiger partial charge >= 0.3 is 0 Å². The minimum absolute atomic E-state index is 0.161. The Labute approximate surface area is 254 Å². The minimum Gasteiger partial charge on any atom is -0.354 e. The third kappa shape index (κ3) is 8.43. The zero-order valence-corrected chi connectivity index (χ0v) is 25.9. The van der Waals surface area contributed by atoms with E-state index in [-0.39, 0.29) is 29.7 Å². The lowest BCUT2D eigenvalue weighted by atomic mass is 10.0. The van der Waals surface area contributed by atoms with E-state index in [1.807, 2.05) is 42.5 Å². The molecular weight excluding hydrogens is 570 g/mol. The first-order chi connectivity index (χ1) is 20.1. The van der Waals surface area contributed by atoms with Crippen molar-refractivity contribution in [3.05, 3.63) is 101 Å². The molecule has 2 amide bonds. The molecule has 1 aliphatic rings. The number of amides is 2. The minimum atomic E-state index is -3.50. The zero-order valence-electron chi connectivity index (χ0n) is 24.3. The summed E-state index contributed by atoms with van der Waals surface area (Å²) in [6.45, 7) is 6.07. The van der Waals surface area contributed by atoms with Crippen LogP contribution in [0.3, 0.4) is 0 Å². The van der Waals surface area contributed by atoms with E-state index in [0.717, 1.165) is 36.0 Å². The predicted octanol–water partition coefficient (Wildman–Crippen LogP) is 5.99. The lowest BCUT2D eigenvalue weighted by Gasteiger charge is -2.32. The fraction of sp³-hybridized carbons (Fsp3) is 0.394. The van der Waals surface area contributed by atoms with Crippen molar-refractivity contribution in [2.45, 2.75) is 63.4 Å². The summed E-state index contributed by atoms with van der Waals surface area (Å²) in [6.07, 6.45) is 3.17. The van der Waals surface area contributed by atoms with Gasteiger partial charge in [-0.15, -0.1) is 0 Å². The summed E-state index contributed by atoms with van der Waals surface area (Å²) >= 11 is 6.11. The van der Waals surface area contributed by atoms with Gasteiger partial charge in [0.05, 0.1) is 4.90 Å². The molecule has 1 atom stereocenters. The van der Waals surface area contributed by atoms with E-state index >= 15 is 0 Å². The van der Waals surface area contributed by atoms with Crippen LogP contribution in [0.15, 0.2) is 83.8 Å². The van der Waals surface area contributed by atoms with Crippen LogP contribution in [0.1, 0.15) is 62.3 Å². The topological polar surface area (TPSA) is 86.8 Å². The molecule has 1 saturated heterocycles. The van der Waals surface area contributed by atoms with Crippen LogP contribution in [0.25, 0.3) is 0 Å². The van der Waals surface area contributed by atoms with Gasteiger partial charge in [-0.1, -0.05) is 80.0 Å². The van der Waals surface area contributed by atoms with Gasteiger partial charge < -0.3 is 10.2 Å². The highest BCUT2D eigenvalue weighted by molar-refractivity contribution is 7.89. The molecule has 1 heterocycles. The number of nitrogens with one attached hydrogen (secondary N) is 1. The Kier molecular flexibility index (Phi) is 11.2. The van der Waals surface area contributed by atoms with Crippen molar-refractivity contribution in [2.75, 3.05) is 19.6 Å². The Bertz CT molecular complexity index is 1420. The number of carbonyl (C=O) groups excluding carboxylic acids is 2. The highest BCUT2D eigenvalue weighted by Crippen LogP contribution is 2.26. The second-order valence-corrected chi connectivity index (χ2v) is 13.6. The van der Waals surface area contributed by atoms with Gasteiger partial charge in [0.15, 0.2) is 0 Å². The van der Waals surface area contributed by atoms with Crippen LogP contribution in [0.5, 0.6) is 0 Å². The molecular formula is C33H40ClN3O4S. The monoisotopic (exact) mass is 609 g/mol. The Morgan fingerprint density at radius 2 is 1.52 bits per heavy atom. The normalized spacial score (nSPS) is 14.6. The highest BCUT2D eigenvalue weighted by atomic mass is 35.5. The molecule has 42 heavy (non-hydrogen) atoms. The van der Waals surface area contributed by atoms with Crippen LogP contribution >= 0.6 is 11.6 Å².